The number of aromatic nitrogens is 4. The highest BCUT2D eigenvalue weighted by atomic mass is 19.4. The molecule has 0 amide bonds. The van der Waals surface area contributed by atoms with Crippen molar-refractivity contribution in [3.63, 3.8) is 0 Å². The van der Waals surface area contributed by atoms with Crippen LogP contribution in [0.2, 0.25) is 0 Å². The fraction of sp³-hybridized carbons (Fsp3) is 0.280. The van der Waals surface area contributed by atoms with Crippen molar-refractivity contribution >= 4 is 22.3 Å². The average Bonchev–Trinajstić information content (AvgIpc) is 2.89. The number of alkyl halides is 5. The number of ether oxygens (including phenoxy) is 1. The van der Waals surface area contributed by atoms with E-state index in [0.717, 1.165) is 12.1 Å². The summed E-state index contributed by atoms with van der Waals surface area (Å²) in [4.78, 5) is 28.5. The van der Waals surface area contributed by atoms with Crippen molar-refractivity contribution in [3.05, 3.63) is 80.6 Å². The van der Waals surface area contributed by atoms with E-state index in [1.54, 1.807) is 5.10 Å². The molecule has 9 nitrogen and oxygen atoms in total. The molecule has 218 valence electrons. The topological polar surface area (TPSA) is 128 Å². The minimum atomic E-state index is -5.06. The van der Waals surface area contributed by atoms with Crippen molar-refractivity contribution in [1.82, 2.24) is 19.7 Å². The van der Waals surface area contributed by atoms with Crippen LogP contribution in [-0.2, 0) is 17.5 Å². The Hall–Kier alpha value is -4.47. The fourth-order valence-electron chi connectivity index (χ4n) is 4.19. The summed E-state index contributed by atoms with van der Waals surface area (Å²) in [6, 6.07) is 5.00. The molecular weight excluding hydrogens is 565 g/mol. The zero-order chi connectivity index (χ0) is 29.9. The average molecular weight is 586 g/mol. The number of H-pyrrole nitrogens is 1. The number of aromatic amines is 1. The van der Waals surface area contributed by atoms with Crippen LogP contribution in [0.1, 0.15) is 18.4 Å². The number of nitrogens with two attached hydrogens (primary N) is 1. The summed E-state index contributed by atoms with van der Waals surface area (Å²) in [5, 5.41) is 7.73. The van der Waals surface area contributed by atoms with Gasteiger partial charge in [-0.3, -0.25) is 9.59 Å². The van der Waals surface area contributed by atoms with Gasteiger partial charge in [-0.1, -0.05) is 0 Å². The number of nitrogens with one attached hydrogen (secondary N) is 2. The molecule has 16 heteroatoms. The summed E-state index contributed by atoms with van der Waals surface area (Å²) in [7, 11) is 0. The Kier molecular flexibility index (Phi) is 8.60. The van der Waals surface area contributed by atoms with E-state index < -0.39 is 65.3 Å². The van der Waals surface area contributed by atoms with Gasteiger partial charge in [-0.15, -0.1) is 0 Å². The van der Waals surface area contributed by atoms with Crippen molar-refractivity contribution in [3.8, 4) is 11.3 Å². The second kappa shape index (κ2) is 12.0. The van der Waals surface area contributed by atoms with Crippen LogP contribution in [0.25, 0.3) is 22.0 Å². The highest BCUT2D eigenvalue weighted by Crippen LogP contribution is 2.32. The molecule has 0 radical (unpaired) electrons. The van der Waals surface area contributed by atoms with Gasteiger partial charge in [0.25, 0.3) is 11.1 Å². The molecule has 41 heavy (non-hydrogen) atoms. The lowest BCUT2D eigenvalue weighted by molar-refractivity contribution is -0.138. The first-order chi connectivity index (χ1) is 19.3. The summed E-state index contributed by atoms with van der Waals surface area (Å²) in [6.45, 7) is -3.94. The van der Waals surface area contributed by atoms with Gasteiger partial charge in [0.2, 0.25) is 0 Å². The summed E-state index contributed by atoms with van der Waals surface area (Å²) in [5.74, 6) is -2.01. The van der Waals surface area contributed by atoms with E-state index in [0.29, 0.717) is 11.6 Å². The number of rotatable bonds is 10. The highest BCUT2D eigenvalue weighted by molar-refractivity contribution is 5.86. The van der Waals surface area contributed by atoms with Crippen LogP contribution in [-0.4, -0.2) is 39.0 Å². The Morgan fingerprint density at radius 3 is 2.54 bits per heavy atom. The molecule has 3 heterocycles. The zero-order valence-electron chi connectivity index (χ0n) is 20.8. The van der Waals surface area contributed by atoms with E-state index in [4.69, 9.17) is 5.73 Å². The first kappa shape index (κ1) is 29.5. The van der Waals surface area contributed by atoms with Crippen molar-refractivity contribution < 1.29 is 35.5 Å². The molecule has 3 aromatic heterocycles. The molecule has 4 aromatic rings. The lowest BCUT2D eigenvalue weighted by Crippen LogP contribution is -2.32. The van der Waals surface area contributed by atoms with E-state index in [-0.39, 0.29) is 36.0 Å². The number of nitrogens with zero attached hydrogens (tertiary/aromatic N) is 3. The van der Waals surface area contributed by atoms with E-state index in [9.17, 15) is 40.3 Å². The van der Waals surface area contributed by atoms with Crippen LogP contribution in [0.5, 0.6) is 0 Å². The molecule has 0 aliphatic rings. The lowest BCUT2D eigenvalue weighted by Gasteiger charge is -2.22. The molecule has 0 saturated carbocycles. The second-order valence-electron chi connectivity index (χ2n) is 8.86. The van der Waals surface area contributed by atoms with Gasteiger partial charge >= 0.3 is 12.8 Å². The Balaban J connectivity index is 1.53. The van der Waals surface area contributed by atoms with Crippen molar-refractivity contribution in [1.29, 1.82) is 0 Å². The first-order valence-corrected chi connectivity index (χ1v) is 11.9. The van der Waals surface area contributed by atoms with Gasteiger partial charge in [-0.2, -0.15) is 27.1 Å². The zero-order valence-corrected chi connectivity index (χ0v) is 20.8. The summed E-state index contributed by atoms with van der Waals surface area (Å²) >= 11 is 0. The van der Waals surface area contributed by atoms with E-state index in [1.165, 1.54) is 29.0 Å². The number of hydrogen-bond donors (Lipinski definition) is 3. The maximum atomic E-state index is 14.9. The predicted octanol–water partition coefficient (Wildman–Crippen LogP) is 4.53. The molecule has 0 saturated heterocycles. The maximum absolute atomic E-state index is 14.9. The Morgan fingerprint density at radius 2 is 1.85 bits per heavy atom. The van der Waals surface area contributed by atoms with Gasteiger partial charge in [-0.05, 0) is 48.6 Å². The summed E-state index contributed by atoms with van der Waals surface area (Å²) in [6.07, 6.45) is -2.93. The highest BCUT2D eigenvalue weighted by Gasteiger charge is 2.37. The van der Waals surface area contributed by atoms with E-state index >= 15 is 0 Å². The van der Waals surface area contributed by atoms with Gasteiger partial charge in [0.1, 0.15) is 11.4 Å². The SMILES string of the molecule is Nc1nc(-c2cc3ccn(CCC[C@H](COC(F)F)Nc4cn[nH]c(=O)c4C(F)(F)F)c(=O)c3cc2F)ccc1F. The number of fused-ring (bicyclic) bond motifs is 1. The maximum Gasteiger partial charge on any atom is 0.423 e. The summed E-state index contributed by atoms with van der Waals surface area (Å²) in [5.41, 5.74) is 1.09. The van der Waals surface area contributed by atoms with Crippen molar-refractivity contribution in [2.75, 3.05) is 17.7 Å². The molecular formula is C25H21F7N6O3. The number of anilines is 2. The van der Waals surface area contributed by atoms with Gasteiger partial charge in [0, 0.05) is 24.3 Å². The molecule has 0 bridgehead atoms. The monoisotopic (exact) mass is 586 g/mol. The van der Waals surface area contributed by atoms with Gasteiger partial charge in [-0.25, -0.2) is 18.9 Å². The number of halogens is 7. The number of aryl methyl sites for hydroxylation is 1. The normalized spacial score (nSPS) is 12.7. The molecule has 4 rings (SSSR count). The molecule has 0 spiro atoms. The third-order valence-electron chi connectivity index (χ3n) is 6.09. The molecule has 4 N–H and O–H groups in total. The van der Waals surface area contributed by atoms with Crippen LogP contribution in [0, 0.1) is 11.6 Å². The Labute approximate surface area is 225 Å². The first-order valence-electron chi connectivity index (χ1n) is 11.9. The quantitative estimate of drug-likeness (QED) is 0.233. The molecule has 0 aliphatic carbocycles. The standard InChI is InChI=1S/C25H21F7N6O3/c26-16-3-4-18(36-21(16)33)15-8-12-5-7-38(23(40)14(12)9-17(15)27)6-1-2-13(11-41-24(28)29)35-19-10-34-37-22(39)20(19)25(30,31)32/h3-5,7-10,13,24H,1-2,6,11H2,(H2,33,36)(H2,35,37,39)/t13-/m1/s1. The van der Waals surface area contributed by atoms with Gasteiger partial charge < -0.3 is 20.4 Å². The smallest absolute Gasteiger partial charge is 0.381 e. The van der Waals surface area contributed by atoms with Gasteiger partial charge in [0.15, 0.2) is 11.6 Å². The predicted molar refractivity (Wildman–Crippen MR) is 134 cm³/mol. The van der Waals surface area contributed by atoms with Crippen molar-refractivity contribution in [2.45, 2.75) is 38.2 Å². The Bertz CT molecular complexity index is 1670. The molecule has 0 aliphatic heterocycles. The molecule has 0 fully saturated rings. The Morgan fingerprint density at radius 1 is 1.10 bits per heavy atom. The number of nitrogen functional groups attached to an aromatic ring is 1. The lowest BCUT2D eigenvalue weighted by atomic mass is 10.0. The third-order valence-corrected chi connectivity index (χ3v) is 6.09. The minimum Gasteiger partial charge on any atom is -0.381 e. The largest absolute Gasteiger partial charge is 0.423 e. The van der Waals surface area contributed by atoms with Crippen molar-refractivity contribution in [2.24, 2.45) is 0 Å². The summed E-state index contributed by atoms with van der Waals surface area (Å²) < 4.78 is 99.3. The minimum absolute atomic E-state index is 0.00365. The number of hydrogen-bond acceptors (Lipinski definition) is 7. The fourth-order valence-corrected chi connectivity index (χ4v) is 4.19. The molecule has 0 unspecified atom stereocenters. The number of pyridine rings is 2. The van der Waals surface area contributed by atoms with Gasteiger partial charge in [0.05, 0.1) is 29.6 Å². The van der Waals surface area contributed by atoms with E-state index in [1.807, 2.05) is 0 Å². The molecule has 1 aromatic carbocycles. The number of benzene rings is 1. The van der Waals surface area contributed by atoms with Crippen LogP contribution in [0.4, 0.5) is 42.2 Å². The molecule has 1 atom stereocenters. The van der Waals surface area contributed by atoms with Crippen LogP contribution in [0.3, 0.4) is 0 Å². The van der Waals surface area contributed by atoms with Crippen LogP contribution < -0.4 is 22.2 Å². The van der Waals surface area contributed by atoms with E-state index in [2.05, 4.69) is 20.1 Å². The van der Waals surface area contributed by atoms with Crippen LogP contribution >= 0.6 is 0 Å². The second-order valence-corrected chi connectivity index (χ2v) is 8.86. The van der Waals surface area contributed by atoms with Crippen LogP contribution in [0.15, 0.2) is 52.3 Å². The third kappa shape index (κ3) is 6.82.